The lowest BCUT2D eigenvalue weighted by Gasteiger charge is -2.19. The van der Waals surface area contributed by atoms with Crippen LogP contribution in [0.1, 0.15) is 41.0 Å². The number of H-pyrrole nitrogens is 1. The molecule has 0 bridgehead atoms. The molecule has 180 valence electrons. The number of Topliss-reactive ketones (excluding diaryl/α,β-unsaturated/α-hetero) is 1. The van der Waals surface area contributed by atoms with Gasteiger partial charge in [-0.3, -0.25) is 14.4 Å². The van der Waals surface area contributed by atoms with Crippen LogP contribution in [0.5, 0.6) is 0 Å². The van der Waals surface area contributed by atoms with Crippen molar-refractivity contribution in [3.05, 3.63) is 53.7 Å². The third-order valence-corrected chi connectivity index (χ3v) is 5.81. The molecule has 0 saturated carbocycles. The van der Waals surface area contributed by atoms with Gasteiger partial charge >= 0.3 is 17.9 Å². The highest BCUT2D eigenvalue weighted by molar-refractivity contribution is 6.09. The Morgan fingerprint density at radius 1 is 1.12 bits per heavy atom. The molecule has 0 fully saturated rings. The second kappa shape index (κ2) is 9.87. The minimum Gasteiger partial charge on any atom is -0.481 e. The molecule has 0 spiro atoms. The second-order valence-electron chi connectivity index (χ2n) is 8.28. The normalized spacial score (nSPS) is 15.2. The summed E-state index contributed by atoms with van der Waals surface area (Å²) in [6.45, 7) is 0. The summed E-state index contributed by atoms with van der Waals surface area (Å²) in [6, 6.07) is 8.09. The van der Waals surface area contributed by atoms with Crippen molar-refractivity contribution in [1.29, 1.82) is 0 Å². The molecular weight excluding hydrogens is 446 g/mol. The van der Waals surface area contributed by atoms with E-state index >= 15 is 0 Å². The maximum atomic E-state index is 12.9. The van der Waals surface area contributed by atoms with Gasteiger partial charge in [0.05, 0.1) is 24.9 Å². The van der Waals surface area contributed by atoms with Gasteiger partial charge in [0.2, 0.25) is 0 Å². The first-order valence-corrected chi connectivity index (χ1v) is 10.5. The van der Waals surface area contributed by atoms with Gasteiger partial charge in [-0.2, -0.15) is 0 Å². The Morgan fingerprint density at radius 2 is 1.76 bits per heavy atom. The van der Waals surface area contributed by atoms with Crippen LogP contribution in [0, 0.1) is 5.92 Å². The van der Waals surface area contributed by atoms with Crippen molar-refractivity contribution in [3.8, 4) is 0 Å². The first kappa shape index (κ1) is 24.6. The second-order valence-corrected chi connectivity index (χ2v) is 8.28. The Kier molecular flexibility index (Phi) is 7.16. The average Bonchev–Trinajstić information content (AvgIpc) is 3.36. The number of nitrogens with one attached hydrogen (secondary N) is 1. The fourth-order valence-electron chi connectivity index (χ4n) is 4.10. The van der Waals surface area contributed by atoms with E-state index in [2.05, 4.69) is 16.0 Å². The van der Waals surface area contributed by atoms with E-state index in [4.69, 9.17) is 20.4 Å². The first-order chi connectivity index (χ1) is 16.0. The van der Waals surface area contributed by atoms with Gasteiger partial charge in [-0.1, -0.05) is 18.2 Å². The summed E-state index contributed by atoms with van der Waals surface area (Å²) in [5.41, 5.74) is 1.47. The minimum absolute atomic E-state index is 0.0590. The number of carboxylic acids is 3. The number of fused-ring (bicyclic) bond motifs is 2. The number of aliphatic carboxylic acids is 3. The van der Waals surface area contributed by atoms with E-state index in [-0.39, 0.29) is 11.7 Å². The van der Waals surface area contributed by atoms with Crippen molar-refractivity contribution in [2.45, 2.75) is 37.7 Å². The van der Waals surface area contributed by atoms with Crippen LogP contribution in [-0.4, -0.2) is 64.3 Å². The Bertz CT molecular complexity index is 1230. The summed E-state index contributed by atoms with van der Waals surface area (Å²) >= 11 is 0. The number of aromatic amines is 1. The molecule has 2 aromatic heterocycles. The number of benzene rings is 1. The lowest BCUT2D eigenvalue weighted by atomic mass is 9.84. The van der Waals surface area contributed by atoms with Crippen molar-refractivity contribution in [3.63, 3.8) is 0 Å². The third-order valence-electron chi connectivity index (χ3n) is 5.81. The molecule has 0 saturated heterocycles. The Morgan fingerprint density at radius 3 is 2.38 bits per heavy atom. The van der Waals surface area contributed by atoms with Crippen molar-refractivity contribution < 1.29 is 39.6 Å². The number of aromatic nitrogens is 3. The molecule has 11 nitrogen and oxygen atoms in total. The summed E-state index contributed by atoms with van der Waals surface area (Å²) in [7, 11) is 1.99. The quantitative estimate of drug-likeness (QED) is 0.320. The molecule has 0 amide bonds. The fraction of sp³-hybridized carbons (Fsp3) is 0.348. The van der Waals surface area contributed by atoms with Crippen LogP contribution in [-0.2, 0) is 34.3 Å². The topological polar surface area (TPSA) is 183 Å². The number of carbonyl (C=O) groups excluding carboxylic acids is 1. The van der Waals surface area contributed by atoms with E-state index in [1.54, 1.807) is 6.33 Å². The number of ketones is 1. The number of para-hydroxylation sites is 1. The van der Waals surface area contributed by atoms with Crippen molar-refractivity contribution >= 4 is 34.6 Å². The molecule has 4 rings (SSSR count). The molecule has 0 radical (unpaired) electrons. The number of rotatable bonds is 7. The van der Waals surface area contributed by atoms with Crippen molar-refractivity contribution in [2.75, 3.05) is 0 Å². The van der Waals surface area contributed by atoms with Crippen LogP contribution in [0.3, 0.4) is 0 Å². The van der Waals surface area contributed by atoms with Crippen LogP contribution in [0.4, 0.5) is 0 Å². The Balaban J connectivity index is 0.000000218. The van der Waals surface area contributed by atoms with Crippen LogP contribution in [0.2, 0.25) is 0 Å². The number of aliphatic hydroxyl groups is 1. The molecule has 11 heteroatoms. The number of nitrogens with zero attached hydrogens (tertiary/aromatic N) is 2. The van der Waals surface area contributed by atoms with Gasteiger partial charge in [-0.25, -0.2) is 9.78 Å². The molecule has 5 N–H and O–H groups in total. The molecule has 1 aromatic carbocycles. The van der Waals surface area contributed by atoms with E-state index in [1.165, 1.54) is 0 Å². The lowest BCUT2D eigenvalue weighted by Crippen LogP contribution is -2.42. The predicted octanol–water partition coefficient (Wildman–Crippen LogP) is 1.64. The highest BCUT2D eigenvalue weighted by Gasteiger charge is 2.40. The molecule has 2 heterocycles. The SMILES string of the molecule is Cn1cc(C(=O)[C@@H]2CCc3nc[nH]c3C2)c2ccccc21.O=C(O)CC(O)(CC(=O)O)C(=O)O. The number of carbonyl (C=O) groups is 4. The van der Waals surface area contributed by atoms with Crippen LogP contribution in [0.15, 0.2) is 36.8 Å². The number of hydrogen-bond acceptors (Lipinski definition) is 6. The van der Waals surface area contributed by atoms with Gasteiger partial charge in [-0.15, -0.1) is 0 Å². The number of hydrogen-bond donors (Lipinski definition) is 5. The van der Waals surface area contributed by atoms with Crippen LogP contribution in [0.25, 0.3) is 10.9 Å². The minimum atomic E-state index is -2.74. The van der Waals surface area contributed by atoms with E-state index in [1.807, 2.05) is 36.0 Å². The fourth-order valence-corrected chi connectivity index (χ4v) is 4.10. The zero-order chi connectivity index (χ0) is 25.0. The van der Waals surface area contributed by atoms with Crippen LogP contribution < -0.4 is 0 Å². The summed E-state index contributed by atoms with van der Waals surface area (Å²) in [5, 5.41) is 34.9. The zero-order valence-electron chi connectivity index (χ0n) is 18.4. The molecule has 1 aliphatic carbocycles. The summed E-state index contributed by atoms with van der Waals surface area (Å²) in [4.78, 5) is 50.9. The van der Waals surface area contributed by atoms with E-state index in [0.717, 1.165) is 47.1 Å². The zero-order valence-corrected chi connectivity index (χ0v) is 18.4. The maximum absolute atomic E-state index is 12.9. The van der Waals surface area contributed by atoms with Gasteiger partial charge < -0.3 is 30.0 Å². The molecule has 3 aromatic rings. The summed E-state index contributed by atoms with van der Waals surface area (Å²) < 4.78 is 2.03. The average molecular weight is 471 g/mol. The van der Waals surface area contributed by atoms with Crippen LogP contribution >= 0.6 is 0 Å². The van der Waals surface area contributed by atoms with E-state index < -0.39 is 36.4 Å². The van der Waals surface area contributed by atoms with Crippen molar-refractivity contribution in [1.82, 2.24) is 14.5 Å². The Labute approximate surface area is 193 Å². The molecule has 0 aliphatic heterocycles. The van der Waals surface area contributed by atoms with Gasteiger partial charge in [0.25, 0.3) is 0 Å². The Hall–Kier alpha value is -3.99. The van der Waals surface area contributed by atoms with Gasteiger partial charge in [0, 0.05) is 41.3 Å². The number of aryl methyl sites for hydroxylation is 2. The van der Waals surface area contributed by atoms with Crippen molar-refractivity contribution in [2.24, 2.45) is 13.0 Å². The molecular formula is C23H25N3O8. The summed E-state index contributed by atoms with van der Waals surface area (Å²) in [5.74, 6) is -4.70. The number of imidazole rings is 1. The third kappa shape index (κ3) is 5.31. The standard InChI is InChI=1S/C17H17N3O.C6H8O7/c1-20-9-13(12-4-2-3-5-16(12)20)17(21)11-6-7-14-15(8-11)19-10-18-14;7-3(8)1-6(13,5(11)12)2-4(9)10/h2-5,9-11H,6-8H2,1H3,(H,18,19);13H,1-2H2,(H,7,8)(H,9,10)(H,11,12)/t11-;/m1./s1. The molecule has 1 atom stereocenters. The first-order valence-electron chi connectivity index (χ1n) is 10.5. The molecule has 0 unspecified atom stereocenters. The largest absolute Gasteiger partial charge is 0.481 e. The number of carboxylic acid groups (broad SMARTS) is 3. The lowest BCUT2D eigenvalue weighted by molar-refractivity contribution is -0.170. The predicted molar refractivity (Wildman–Crippen MR) is 118 cm³/mol. The van der Waals surface area contributed by atoms with E-state index in [9.17, 15) is 19.2 Å². The molecule has 1 aliphatic rings. The van der Waals surface area contributed by atoms with Gasteiger partial charge in [0.15, 0.2) is 11.4 Å². The van der Waals surface area contributed by atoms with Gasteiger partial charge in [0.1, 0.15) is 0 Å². The highest BCUT2D eigenvalue weighted by atomic mass is 16.4. The van der Waals surface area contributed by atoms with E-state index in [0.29, 0.717) is 0 Å². The van der Waals surface area contributed by atoms with Gasteiger partial charge in [-0.05, 0) is 25.3 Å². The monoisotopic (exact) mass is 471 g/mol. The smallest absolute Gasteiger partial charge is 0.336 e. The summed E-state index contributed by atoms with van der Waals surface area (Å²) in [6.07, 6.45) is 3.96. The molecule has 34 heavy (non-hydrogen) atoms. The highest BCUT2D eigenvalue weighted by Crippen LogP contribution is 2.29. The maximum Gasteiger partial charge on any atom is 0.336 e.